The summed E-state index contributed by atoms with van der Waals surface area (Å²) < 4.78 is 0.973. The fourth-order valence-electron chi connectivity index (χ4n) is 2.65. The van der Waals surface area contributed by atoms with Crippen LogP contribution in [0.15, 0.2) is 53.0 Å². The third-order valence-electron chi connectivity index (χ3n) is 4.13. The van der Waals surface area contributed by atoms with Gasteiger partial charge in [0.1, 0.15) is 6.04 Å². The number of benzene rings is 2. The minimum Gasteiger partial charge on any atom is -0.271 e. The molecule has 2 amide bonds. The number of nitro groups is 1. The van der Waals surface area contributed by atoms with Gasteiger partial charge >= 0.3 is 0 Å². The van der Waals surface area contributed by atoms with Crippen molar-refractivity contribution in [2.24, 2.45) is 0 Å². The number of hydrogen-bond donors (Lipinski definition) is 4. The van der Waals surface area contributed by atoms with E-state index in [0.717, 1.165) is 10.0 Å². The number of rotatable bonds is 4. The minimum atomic E-state index is -0.561. The fourth-order valence-corrected chi connectivity index (χ4v) is 2.92. The lowest BCUT2D eigenvalue weighted by molar-refractivity contribution is -0.384. The predicted octanol–water partition coefficient (Wildman–Crippen LogP) is 1.73. The molecule has 0 radical (unpaired) electrons. The largest absolute Gasteiger partial charge is 0.271 e. The van der Waals surface area contributed by atoms with Crippen molar-refractivity contribution >= 4 is 33.4 Å². The lowest BCUT2D eigenvalue weighted by Crippen LogP contribution is -2.50. The molecule has 27 heavy (non-hydrogen) atoms. The number of carbonyl (C=O) groups excluding carboxylic acids is 2. The van der Waals surface area contributed by atoms with Gasteiger partial charge in [0.05, 0.1) is 4.92 Å². The molecule has 1 saturated heterocycles. The van der Waals surface area contributed by atoms with E-state index in [2.05, 4.69) is 37.6 Å². The van der Waals surface area contributed by atoms with E-state index < -0.39 is 22.8 Å². The molecule has 10 heteroatoms. The number of halogens is 1. The summed E-state index contributed by atoms with van der Waals surface area (Å²) in [5.74, 6) is -0.953. The molecule has 2 aromatic rings. The summed E-state index contributed by atoms with van der Waals surface area (Å²) in [6.45, 7) is 0. The van der Waals surface area contributed by atoms with Crippen LogP contribution in [0, 0.1) is 10.1 Å². The van der Waals surface area contributed by atoms with Crippen LogP contribution in [-0.2, 0) is 4.79 Å². The van der Waals surface area contributed by atoms with Crippen molar-refractivity contribution in [3.8, 4) is 0 Å². The second-order valence-electron chi connectivity index (χ2n) is 5.93. The van der Waals surface area contributed by atoms with E-state index in [1.165, 1.54) is 24.3 Å². The standard InChI is InChI=1S/C17H16BrN5O4/c18-12-5-1-10(2-6-12)14-9-15(20-19-14)17(25)22-21-16(24)11-3-7-13(8-4-11)23(26)27/h1-8,14-15,19-20H,9H2,(H,21,24)(H,22,25). The zero-order valence-electron chi connectivity index (χ0n) is 13.9. The molecule has 1 fully saturated rings. The van der Waals surface area contributed by atoms with Crippen LogP contribution >= 0.6 is 15.9 Å². The first-order chi connectivity index (χ1) is 12.9. The molecule has 0 aromatic heterocycles. The maximum absolute atomic E-state index is 12.2. The van der Waals surface area contributed by atoms with Gasteiger partial charge in [0.25, 0.3) is 17.5 Å². The van der Waals surface area contributed by atoms with Crippen LogP contribution in [0.5, 0.6) is 0 Å². The molecule has 1 aliphatic heterocycles. The summed E-state index contributed by atoms with van der Waals surface area (Å²) in [7, 11) is 0. The van der Waals surface area contributed by atoms with Crippen molar-refractivity contribution in [1.29, 1.82) is 0 Å². The van der Waals surface area contributed by atoms with Gasteiger partial charge in [-0.15, -0.1) is 0 Å². The van der Waals surface area contributed by atoms with E-state index in [1.807, 2.05) is 24.3 Å². The van der Waals surface area contributed by atoms with E-state index >= 15 is 0 Å². The molecule has 0 aliphatic carbocycles. The van der Waals surface area contributed by atoms with E-state index in [1.54, 1.807) is 0 Å². The van der Waals surface area contributed by atoms with E-state index in [0.29, 0.717) is 6.42 Å². The Balaban J connectivity index is 1.51. The van der Waals surface area contributed by atoms with Crippen LogP contribution in [0.4, 0.5) is 5.69 Å². The van der Waals surface area contributed by atoms with Gasteiger partial charge in [-0.05, 0) is 36.2 Å². The van der Waals surface area contributed by atoms with Crippen molar-refractivity contribution in [2.75, 3.05) is 0 Å². The van der Waals surface area contributed by atoms with Crippen LogP contribution in [0.1, 0.15) is 28.4 Å². The van der Waals surface area contributed by atoms with Gasteiger partial charge in [-0.2, -0.15) is 0 Å². The van der Waals surface area contributed by atoms with Gasteiger partial charge in [-0.25, -0.2) is 10.9 Å². The molecule has 2 aromatic carbocycles. The topological polar surface area (TPSA) is 125 Å². The number of hydrazine groups is 2. The highest BCUT2D eigenvalue weighted by Gasteiger charge is 2.30. The Morgan fingerprint density at radius 3 is 2.33 bits per heavy atom. The van der Waals surface area contributed by atoms with Crippen molar-refractivity contribution in [3.63, 3.8) is 0 Å². The van der Waals surface area contributed by atoms with Gasteiger partial charge in [0.2, 0.25) is 0 Å². The molecular formula is C17H16BrN5O4. The highest BCUT2D eigenvalue weighted by Crippen LogP contribution is 2.23. The van der Waals surface area contributed by atoms with E-state index in [4.69, 9.17) is 0 Å². The highest BCUT2D eigenvalue weighted by molar-refractivity contribution is 9.10. The predicted molar refractivity (Wildman–Crippen MR) is 100 cm³/mol. The normalized spacial score (nSPS) is 18.7. The summed E-state index contributed by atoms with van der Waals surface area (Å²) in [5, 5.41) is 10.6. The Kier molecular flexibility index (Phi) is 5.79. The van der Waals surface area contributed by atoms with Gasteiger partial charge in [-0.1, -0.05) is 28.1 Å². The van der Waals surface area contributed by atoms with E-state index in [9.17, 15) is 19.7 Å². The maximum Gasteiger partial charge on any atom is 0.269 e. The Hall–Kier alpha value is -2.82. The number of carbonyl (C=O) groups is 2. The fraction of sp³-hybridized carbons (Fsp3) is 0.176. The molecule has 9 nitrogen and oxygen atoms in total. The third-order valence-corrected chi connectivity index (χ3v) is 4.66. The number of nitro benzene ring substituents is 1. The second-order valence-corrected chi connectivity index (χ2v) is 6.84. The monoisotopic (exact) mass is 433 g/mol. The second kappa shape index (κ2) is 8.25. The van der Waals surface area contributed by atoms with Gasteiger partial charge in [0, 0.05) is 28.2 Å². The quantitative estimate of drug-likeness (QED) is 0.429. The van der Waals surface area contributed by atoms with Crippen molar-refractivity contribution in [3.05, 3.63) is 74.2 Å². The average Bonchev–Trinajstić information content (AvgIpc) is 3.16. The lowest BCUT2D eigenvalue weighted by atomic mass is 10.0. The molecule has 0 bridgehead atoms. The Morgan fingerprint density at radius 2 is 1.70 bits per heavy atom. The minimum absolute atomic E-state index is 0.0285. The van der Waals surface area contributed by atoms with Crippen molar-refractivity contribution < 1.29 is 14.5 Å². The molecule has 140 valence electrons. The molecule has 3 rings (SSSR count). The summed E-state index contributed by atoms with van der Waals surface area (Å²) in [6.07, 6.45) is 0.515. The summed E-state index contributed by atoms with van der Waals surface area (Å²) in [4.78, 5) is 34.3. The van der Waals surface area contributed by atoms with Gasteiger partial charge in [0.15, 0.2) is 0 Å². The number of hydrogen-bond acceptors (Lipinski definition) is 6. The van der Waals surface area contributed by atoms with Crippen molar-refractivity contribution in [2.45, 2.75) is 18.5 Å². The number of non-ortho nitro benzene ring substituents is 1. The zero-order valence-corrected chi connectivity index (χ0v) is 15.5. The van der Waals surface area contributed by atoms with Crippen LogP contribution in [0.3, 0.4) is 0 Å². The first-order valence-corrected chi connectivity index (χ1v) is 8.84. The smallest absolute Gasteiger partial charge is 0.269 e. The van der Waals surface area contributed by atoms with Crippen LogP contribution in [-0.4, -0.2) is 22.8 Å². The van der Waals surface area contributed by atoms with Crippen molar-refractivity contribution in [1.82, 2.24) is 21.7 Å². The van der Waals surface area contributed by atoms with Crippen LogP contribution < -0.4 is 21.7 Å². The molecule has 1 heterocycles. The molecule has 1 aliphatic rings. The Bertz CT molecular complexity index is 857. The Labute approximate surface area is 162 Å². The molecule has 4 N–H and O–H groups in total. The van der Waals surface area contributed by atoms with Gasteiger partial charge in [-0.3, -0.25) is 30.6 Å². The first-order valence-electron chi connectivity index (χ1n) is 8.05. The number of nitrogens with zero attached hydrogens (tertiary/aromatic N) is 1. The van der Waals surface area contributed by atoms with E-state index in [-0.39, 0.29) is 17.3 Å². The summed E-state index contributed by atoms with van der Waals surface area (Å²) >= 11 is 3.38. The average molecular weight is 434 g/mol. The molecule has 2 atom stereocenters. The molecule has 2 unspecified atom stereocenters. The first kappa shape index (κ1) is 19.0. The van der Waals surface area contributed by atoms with Crippen LogP contribution in [0.2, 0.25) is 0 Å². The zero-order chi connectivity index (χ0) is 19.4. The third kappa shape index (κ3) is 4.67. The summed E-state index contributed by atoms with van der Waals surface area (Å²) in [5.41, 5.74) is 11.7. The SMILES string of the molecule is O=C(NNC(=O)C1CC(c2ccc(Br)cc2)NN1)c1ccc([N+](=O)[O-])cc1. The Morgan fingerprint density at radius 1 is 1.04 bits per heavy atom. The maximum atomic E-state index is 12.2. The van der Waals surface area contributed by atoms with Gasteiger partial charge < -0.3 is 0 Å². The molecule has 0 saturated carbocycles. The number of nitrogens with one attached hydrogen (secondary N) is 4. The molecular weight excluding hydrogens is 418 g/mol. The molecule has 0 spiro atoms. The lowest BCUT2D eigenvalue weighted by Gasteiger charge is -2.11. The highest BCUT2D eigenvalue weighted by atomic mass is 79.9. The number of amides is 2. The summed E-state index contributed by atoms with van der Waals surface area (Å²) in [6, 6.07) is 12.3. The van der Waals surface area contributed by atoms with Crippen LogP contribution in [0.25, 0.3) is 0 Å².